The van der Waals surface area contributed by atoms with Crippen LogP contribution >= 0.6 is 0 Å². The summed E-state index contributed by atoms with van der Waals surface area (Å²) >= 11 is 0. The molecule has 3 rings (SSSR count). The van der Waals surface area contributed by atoms with Gasteiger partial charge in [0.1, 0.15) is 0 Å². The Morgan fingerprint density at radius 3 is 1.96 bits per heavy atom. The Hall–Kier alpha value is -0.0400. The maximum Gasteiger partial charge on any atom is 0.00643 e. The number of rotatable bonds is 7. The van der Waals surface area contributed by atoms with Crippen molar-refractivity contribution < 1.29 is 0 Å². The van der Waals surface area contributed by atoms with E-state index in [0.717, 1.165) is 28.7 Å². The Morgan fingerprint density at radius 2 is 1.48 bits per heavy atom. The normalized spacial score (nSPS) is 28.0. The van der Waals surface area contributed by atoms with Gasteiger partial charge in [-0.15, -0.1) is 0 Å². The first-order valence-electron chi connectivity index (χ1n) is 10.8. The molecular weight excluding hydrogens is 278 g/mol. The van der Waals surface area contributed by atoms with E-state index >= 15 is 0 Å². The van der Waals surface area contributed by atoms with Crippen molar-refractivity contribution in [3.8, 4) is 0 Å². The molecule has 3 fully saturated rings. The van der Waals surface area contributed by atoms with Crippen molar-refractivity contribution >= 4 is 0 Å². The summed E-state index contributed by atoms with van der Waals surface area (Å²) in [6, 6.07) is 0.804. The maximum absolute atomic E-state index is 2.75. The molecule has 0 aromatic rings. The summed E-state index contributed by atoms with van der Waals surface area (Å²) in [7, 11) is 0. The molecule has 134 valence electrons. The second-order valence-electron chi connectivity index (χ2n) is 9.65. The van der Waals surface area contributed by atoms with Crippen molar-refractivity contribution in [2.24, 2.45) is 22.7 Å². The van der Waals surface area contributed by atoms with Gasteiger partial charge in [-0.25, -0.2) is 0 Å². The van der Waals surface area contributed by atoms with E-state index in [4.69, 9.17) is 0 Å². The number of hydrogen-bond acceptors (Lipinski definition) is 1. The van der Waals surface area contributed by atoms with Crippen LogP contribution in [0.25, 0.3) is 0 Å². The first-order chi connectivity index (χ1) is 11.1. The molecule has 0 bridgehead atoms. The maximum atomic E-state index is 2.75. The van der Waals surface area contributed by atoms with Gasteiger partial charge >= 0.3 is 0 Å². The zero-order valence-corrected chi connectivity index (χ0v) is 16.4. The molecule has 1 saturated heterocycles. The third-order valence-corrected chi connectivity index (χ3v) is 7.95. The van der Waals surface area contributed by atoms with Crippen LogP contribution in [0, 0.1) is 22.7 Å². The number of nitrogens with zero attached hydrogens (tertiary/aromatic N) is 1. The molecule has 2 spiro atoms. The van der Waals surface area contributed by atoms with E-state index < -0.39 is 0 Å². The molecule has 2 aliphatic carbocycles. The average molecular weight is 320 g/mol. The Labute approximate surface area is 145 Å². The Kier molecular flexibility index (Phi) is 5.46. The van der Waals surface area contributed by atoms with Crippen molar-refractivity contribution in [1.29, 1.82) is 0 Å². The summed E-state index contributed by atoms with van der Waals surface area (Å²) in [6.07, 6.45) is 16.4. The van der Waals surface area contributed by atoms with Gasteiger partial charge in [0, 0.05) is 6.04 Å². The van der Waals surface area contributed by atoms with Crippen molar-refractivity contribution in [1.82, 2.24) is 4.90 Å². The molecule has 0 amide bonds. The largest absolute Gasteiger partial charge is 0.301 e. The highest BCUT2D eigenvalue weighted by molar-refractivity contribution is 5.11. The van der Waals surface area contributed by atoms with Gasteiger partial charge in [-0.2, -0.15) is 0 Å². The zero-order valence-electron chi connectivity index (χ0n) is 16.4. The van der Waals surface area contributed by atoms with E-state index in [1.165, 1.54) is 58.0 Å². The van der Waals surface area contributed by atoms with Crippen LogP contribution in [0.2, 0.25) is 0 Å². The van der Waals surface area contributed by atoms with E-state index in [1.807, 2.05) is 0 Å². The molecule has 0 aromatic heterocycles. The molecule has 2 saturated carbocycles. The second-order valence-corrected chi connectivity index (χ2v) is 9.65. The van der Waals surface area contributed by atoms with E-state index in [9.17, 15) is 0 Å². The van der Waals surface area contributed by atoms with Gasteiger partial charge in [0.25, 0.3) is 0 Å². The number of likely N-dealkylation sites (tertiary alicyclic amines) is 1. The Balaban J connectivity index is 1.44. The third-order valence-electron chi connectivity index (χ3n) is 7.95. The summed E-state index contributed by atoms with van der Waals surface area (Å²) in [6.45, 7) is 12.3. The van der Waals surface area contributed by atoms with Crippen LogP contribution in [0.5, 0.6) is 0 Å². The minimum absolute atomic E-state index is 0.778. The van der Waals surface area contributed by atoms with Gasteiger partial charge in [0.15, 0.2) is 0 Å². The van der Waals surface area contributed by atoms with E-state index in [2.05, 4.69) is 32.6 Å². The molecule has 23 heavy (non-hydrogen) atoms. The fourth-order valence-electron chi connectivity index (χ4n) is 6.62. The lowest BCUT2D eigenvalue weighted by molar-refractivity contribution is -0.162. The highest BCUT2D eigenvalue weighted by Crippen LogP contribution is 2.70. The van der Waals surface area contributed by atoms with Crippen LogP contribution in [0.4, 0.5) is 0 Å². The molecular formula is C22H41N. The molecule has 0 radical (unpaired) electrons. The quantitative estimate of drug-likeness (QED) is 0.534. The summed E-state index contributed by atoms with van der Waals surface area (Å²) < 4.78 is 0. The molecule has 1 atom stereocenters. The van der Waals surface area contributed by atoms with Gasteiger partial charge < -0.3 is 4.90 Å². The van der Waals surface area contributed by atoms with Crippen LogP contribution in [0.3, 0.4) is 0 Å². The molecule has 1 unspecified atom stereocenters. The van der Waals surface area contributed by atoms with Gasteiger partial charge in [-0.05, 0) is 87.6 Å². The fraction of sp³-hybridized carbons (Fsp3) is 1.00. The minimum Gasteiger partial charge on any atom is -0.301 e. The van der Waals surface area contributed by atoms with E-state index in [0.29, 0.717) is 0 Å². The lowest BCUT2D eigenvalue weighted by Gasteiger charge is -2.67. The van der Waals surface area contributed by atoms with Crippen LogP contribution in [-0.4, -0.2) is 24.0 Å². The van der Waals surface area contributed by atoms with Gasteiger partial charge in [0.05, 0.1) is 0 Å². The summed E-state index contributed by atoms with van der Waals surface area (Å²) in [5, 5.41) is 0. The average Bonchev–Trinajstić information content (AvgIpc) is 2.49. The second kappa shape index (κ2) is 7.06. The summed E-state index contributed by atoms with van der Waals surface area (Å²) in [4.78, 5) is 2.75. The van der Waals surface area contributed by atoms with Crippen LogP contribution < -0.4 is 0 Å². The molecule has 0 aromatic carbocycles. The number of piperidine rings is 1. The molecule has 3 aliphatic rings. The first kappa shape index (κ1) is 17.8. The molecule has 1 nitrogen and oxygen atoms in total. The monoisotopic (exact) mass is 319 g/mol. The Morgan fingerprint density at radius 1 is 0.913 bits per heavy atom. The van der Waals surface area contributed by atoms with E-state index in [-0.39, 0.29) is 0 Å². The van der Waals surface area contributed by atoms with Crippen LogP contribution in [0.15, 0.2) is 0 Å². The highest BCUT2D eigenvalue weighted by Gasteiger charge is 2.60. The standard InChI is InChI=1S/C22H41N/c1-5-8-19(9-6-2)20-14-22(15-20)16-21(17-22)10-12-23(13-11-21)18(4)7-3/h18-20H,5-17H2,1-4H3. The van der Waals surface area contributed by atoms with Gasteiger partial charge in [0.2, 0.25) is 0 Å². The molecule has 1 heteroatoms. The summed E-state index contributed by atoms with van der Waals surface area (Å²) in [5.41, 5.74) is 1.60. The van der Waals surface area contributed by atoms with Crippen molar-refractivity contribution in [3.63, 3.8) is 0 Å². The fourth-order valence-corrected chi connectivity index (χ4v) is 6.62. The zero-order chi connectivity index (χ0) is 16.5. The van der Waals surface area contributed by atoms with Crippen molar-refractivity contribution in [2.75, 3.05) is 13.1 Å². The predicted molar refractivity (Wildman–Crippen MR) is 101 cm³/mol. The molecule has 0 N–H and O–H groups in total. The topological polar surface area (TPSA) is 3.24 Å². The highest BCUT2D eigenvalue weighted by atomic mass is 15.2. The predicted octanol–water partition coefficient (Wildman–Crippen LogP) is 6.27. The Bertz CT molecular complexity index is 357. The van der Waals surface area contributed by atoms with Crippen LogP contribution in [0.1, 0.15) is 98.3 Å². The van der Waals surface area contributed by atoms with E-state index in [1.54, 1.807) is 25.7 Å². The molecule has 1 aliphatic heterocycles. The third kappa shape index (κ3) is 3.51. The van der Waals surface area contributed by atoms with Crippen molar-refractivity contribution in [3.05, 3.63) is 0 Å². The lowest BCUT2D eigenvalue weighted by Crippen LogP contribution is -2.58. The van der Waals surface area contributed by atoms with Gasteiger partial charge in [-0.1, -0.05) is 46.5 Å². The SMILES string of the molecule is CCCC(CCC)C1CC2(C1)CC1(CCN(C(C)CC)CC1)C2. The lowest BCUT2D eigenvalue weighted by atomic mass is 9.39. The van der Waals surface area contributed by atoms with Crippen molar-refractivity contribution in [2.45, 2.75) is 104 Å². The summed E-state index contributed by atoms with van der Waals surface area (Å²) in [5.74, 6) is 2.15. The smallest absolute Gasteiger partial charge is 0.00643 e. The number of hydrogen-bond donors (Lipinski definition) is 0. The first-order valence-corrected chi connectivity index (χ1v) is 10.8. The molecule has 1 heterocycles. The van der Waals surface area contributed by atoms with Crippen LogP contribution in [-0.2, 0) is 0 Å². The van der Waals surface area contributed by atoms with Gasteiger partial charge in [-0.3, -0.25) is 0 Å². The minimum atomic E-state index is 0.778.